The molecule has 0 heterocycles. The van der Waals surface area contributed by atoms with Gasteiger partial charge >= 0.3 is 0 Å². The van der Waals surface area contributed by atoms with Gasteiger partial charge in [-0.3, -0.25) is 0 Å². The fourth-order valence-electron chi connectivity index (χ4n) is 1.93. The number of rotatable bonds is 9. The lowest BCUT2D eigenvalue weighted by molar-refractivity contribution is 0.150. The number of hydrogen-bond donors (Lipinski definition) is 1. The lowest BCUT2D eigenvalue weighted by Gasteiger charge is -2.24. The average molecular weight is 265 g/mol. The second-order valence-corrected chi connectivity index (χ2v) is 5.76. The summed E-state index contributed by atoms with van der Waals surface area (Å²) >= 11 is 0. The summed E-state index contributed by atoms with van der Waals surface area (Å²) in [5.74, 6) is 0. The molecule has 0 saturated carbocycles. The lowest BCUT2D eigenvalue weighted by Crippen LogP contribution is -2.30. The predicted octanol–water partition coefficient (Wildman–Crippen LogP) is 2.99. The zero-order valence-corrected chi connectivity index (χ0v) is 12.7. The zero-order chi connectivity index (χ0) is 14.1. The van der Waals surface area contributed by atoms with Crippen LogP contribution < -0.4 is 5.32 Å². The normalized spacial score (nSPS) is 11.8. The van der Waals surface area contributed by atoms with Crippen LogP contribution in [-0.2, 0) is 22.6 Å². The van der Waals surface area contributed by atoms with Gasteiger partial charge in [-0.05, 0) is 23.0 Å². The molecule has 0 spiro atoms. The number of benzene rings is 1. The fourth-order valence-corrected chi connectivity index (χ4v) is 1.93. The molecule has 0 aliphatic rings. The molecule has 1 N–H and O–H groups in total. The van der Waals surface area contributed by atoms with Gasteiger partial charge in [-0.2, -0.15) is 0 Å². The molecule has 19 heavy (non-hydrogen) atoms. The van der Waals surface area contributed by atoms with E-state index in [1.165, 1.54) is 11.1 Å². The summed E-state index contributed by atoms with van der Waals surface area (Å²) in [7, 11) is 3.47. The highest BCUT2D eigenvalue weighted by atomic mass is 16.5. The number of ether oxygens (including phenoxy) is 2. The lowest BCUT2D eigenvalue weighted by atomic mass is 9.89. The topological polar surface area (TPSA) is 30.5 Å². The van der Waals surface area contributed by atoms with E-state index in [1.54, 1.807) is 14.2 Å². The number of methoxy groups -OCH3 is 2. The second-order valence-electron chi connectivity index (χ2n) is 5.76. The van der Waals surface area contributed by atoms with Crippen LogP contribution in [0.2, 0.25) is 0 Å². The maximum Gasteiger partial charge on any atom is 0.0713 e. The van der Waals surface area contributed by atoms with E-state index in [0.717, 1.165) is 26.1 Å². The molecule has 0 atom stereocenters. The predicted molar refractivity (Wildman–Crippen MR) is 79.1 cm³/mol. The molecule has 3 heteroatoms. The van der Waals surface area contributed by atoms with Gasteiger partial charge in [0.25, 0.3) is 0 Å². The second kappa shape index (κ2) is 8.31. The third kappa shape index (κ3) is 6.71. The van der Waals surface area contributed by atoms with Crippen molar-refractivity contribution in [1.82, 2.24) is 5.32 Å². The summed E-state index contributed by atoms with van der Waals surface area (Å²) in [6.07, 6.45) is 1.07. The monoisotopic (exact) mass is 265 g/mol. The first-order chi connectivity index (χ1) is 9.07. The minimum atomic E-state index is 0.270. The van der Waals surface area contributed by atoms with Gasteiger partial charge in [0.15, 0.2) is 0 Å². The van der Waals surface area contributed by atoms with E-state index >= 15 is 0 Å². The summed E-state index contributed by atoms with van der Waals surface area (Å²) in [5.41, 5.74) is 2.79. The molecule has 0 aliphatic carbocycles. The van der Waals surface area contributed by atoms with Gasteiger partial charge in [0.1, 0.15) is 0 Å². The maximum atomic E-state index is 5.14. The zero-order valence-electron chi connectivity index (χ0n) is 12.7. The first-order valence-corrected chi connectivity index (χ1v) is 6.84. The van der Waals surface area contributed by atoms with Gasteiger partial charge in [-0.15, -0.1) is 0 Å². The van der Waals surface area contributed by atoms with Crippen molar-refractivity contribution in [3.63, 3.8) is 0 Å². The quantitative estimate of drug-likeness (QED) is 0.744. The molecule has 0 bridgehead atoms. The Morgan fingerprint density at radius 2 is 1.63 bits per heavy atom. The summed E-state index contributed by atoms with van der Waals surface area (Å²) in [6.45, 7) is 7.93. The first-order valence-electron chi connectivity index (χ1n) is 6.84. The Morgan fingerprint density at radius 3 is 2.21 bits per heavy atom. The highest BCUT2D eigenvalue weighted by molar-refractivity contribution is 5.21. The summed E-state index contributed by atoms with van der Waals surface area (Å²) in [6, 6.07) is 8.56. The Balaban J connectivity index is 2.32. The fraction of sp³-hybridized carbons (Fsp3) is 0.625. The molecular weight excluding hydrogens is 238 g/mol. The third-order valence-corrected chi connectivity index (χ3v) is 3.25. The van der Waals surface area contributed by atoms with E-state index in [2.05, 4.69) is 43.4 Å². The van der Waals surface area contributed by atoms with E-state index in [-0.39, 0.29) is 5.41 Å². The van der Waals surface area contributed by atoms with Gasteiger partial charge in [0, 0.05) is 33.9 Å². The van der Waals surface area contributed by atoms with Crippen molar-refractivity contribution in [2.24, 2.45) is 5.41 Å². The van der Waals surface area contributed by atoms with Gasteiger partial charge in [0.2, 0.25) is 0 Å². The smallest absolute Gasteiger partial charge is 0.0713 e. The van der Waals surface area contributed by atoms with E-state index in [9.17, 15) is 0 Å². The Hall–Kier alpha value is -0.900. The minimum Gasteiger partial charge on any atom is -0.385 e. The van der Waals surface area contributed by atoms with Crippen molar-refractivity contribution in [3.8, 4) is 0 Å². The highest BCUT2D eigenvalue weighted by Gasteiger charge is 2.16. The molecule has 0 amide bonds. The standard InChI is InChI=1S/C16H27NO2/c1-16(2,9-10-18-3)13-17-11-14-5-7-15(8-6-14)12-19-4/h5-8,17H,9-13H2,1-4H3. The molecule has 1 aromatic carbocycles. The molecule has 1 aromatic rings. The molecule has 0 fully saturated rings. The van der Waals surface area contributed by atoms with Crippen LogP contribution in [-0.4, -0.2) is 27.4 Å². The molecule has 0 unspecified atom stereocenters. The van der Waals surface area contributed by atoms with Crippen LogP contribution in [0.3, 0.4) is 0 Å². The SMILES string of the molecule is COCCC(C)(C)CNCc1ccc(COC)cc1. The van der Waals surface area contributed by atoms with Gasteiger partial charge in [-0.1, -0.05) is 38.1 Å². The molecule has 0 saturated heterocycles. The Kier molecular flexibility index (Phi) is 7.06. The summed E-state index contributed by atoms with van der Waals surface area (Å²) < 4.78 is 10.2. The van der Waals surface area contributed by atoms with E-state index in [4.69, 9.17) is 9.47 Å². The van der Waals surface area contributed by atoms with Gasteiger partial charge in [0.05, 0.1) is 6.61 Å². The van der Waals surface area contributed by atoms with E-state index < -0.39 is 0 Å². The van der Waals surface area contributed by atoms with Crippen molar-refractivity contribution < 1.29 is 9.47 Å². The van der Waals surface area contributed by atoms with Crippen molar-refractivity contribution >= 4 is 0 Å². The minimum absolute atomic E-state index is 0.270. The maximum absolute atomic E-state index is 5.14. The van der Waals surface area contributed by atoms with Crippen molar-refractivity contribution in [3.05, 3.63) is 35.4 Å². The first kappa shape index (κ1) is 16.2. The highest BCUT2D eigenvalue weighted by Crippen LogP contribution is 2.18. The average Bonchev–Trinajstić information content (AvgIpc) is 2.39. The molecule has 0 aromatic heterocycles. The summed E-state index contributed by atoms with van der Waals surface area (Å²) in [4.78, 5) is 0. The van der Waals surface area contributed by atoms with Crippen molar-refractivity contribution in [1.29, 1.82) is 0 Å². The third-order valence-electron chi connectivity index (χ3n) is 3.25. The van der Waals surface area contributed by atoms with Crippen molar-refractivity contribution in [2.45, 2.75) is 33.4 Å². The van der Waals surface area contributed by atoms with Crippen LogP contribution in [0.15, 0.2) is 24.3 Å². The Morgan fingerprint density at radius 1 is 1.00 bits per heavy atom. The Bertz CT molecular complexity index is 346. The van der Waals surface area contributed by atoms with Crippen molar-refractivity contribution in [2.75, 3.05) is 27.4 Å². The van der Waals surface area contributed by atoms with E-state index in [0.29, 0.717) is 6.61 Å². The van der Waals surface area contributed by atoms with E-state index in [1.807, 2.05) is 0 Å². The van der Waals surface area contributed by atoms with Crippen LogP contribution in [0, 0.1) is 5.41 Å². The molecule has 0 aliphatic heterocycles. The Labute approximate surface area is 117 Å². The number of hydrogen-bond acceptors (Lipinski definition) is 3. The summed E-state index contributed by atoms with van der Waals surface area (Å²) in [5, 5.41) is 3.52. The van der Waals surface area contributed by atoms with Crippen LogP contribution in [0.5, 0.6) is 0 Å². The van der Waals surface area contributed by atoms with Crippen LogP contribution in [0.25, 0.3) is 0 Å². The van der Waals surface area contributed by atoms with Crippen LogP contribution in [0.4, 0.5) is 0 Å². The molecular formula is C16H27NO2. The van der Waals surface area contributed by atoms with Crippen LogP contribution in [0.1, 0.15) is 31.4 Å². The molecule has 108 valence electrons. The molecule has 0 radical (unpaired) electrons. The van der Waals surface area contributed by atoms with Gasteiger partial charge < -0.3 is 14.8 Å². The van der Waals surface area contributed by atoms with Gasteiger partial charge in [-0.25, -0.2) is 0 Å². The largest absolute Gasteiger partial charge is 0.385 e. The molecule has 3 nitrogen and oxygen atoms in total. The van der Waals surface area contributed by atoms with Crippen LogP contribution >= 0.6 is 0 Å². The molecule has 1 rings (SSSR count). The number of nitrogens with one attached hydrogen (secondary N) is 1.